The summed E-state index contributed by atoms with van der Waals surface area (Å²) in [4.78, 5) is 27.8. The molecule has 0 bridgehead atoms. The molecule has 136 valence electrons. The topological polar surface area (TPSA) is 52.7 Å². The number of halogens is 1. The van der Waals surface area contributed by atoms with E-state index >= 15 is 0 Å². The molecule has 0 aliphatic carbocycles. The number of fused-ring (bicyclic) bond motifs is 1. The van der Waals surface area contributed by atoms with Gasteiger partial charge in [-0.05, 0) is 23.6 Å². The van der Waals surface area contributed by atoms with Crippen molar-refractivity contribution < 1.29 is 14.0 Å². The Balaban J connectivity index is 1.46. The van der Waals surface area contributed by atoms with Crippen LogP contribution in [0.15, 0.2) is 66.7 Å². The fourth-order valence-corrected chi connectivity index (χ4v) is 3.32. The molecule has 0 unspecified atom stereocenters. The van der Waals surface area contributed by atoms with E-state index in [0.29, 0.717) is 18.8 Å². The van der Waals surface area contributed by atoms with Crippen molar-refractivity contribution in [2.24, 2.45) is 0 Å². The van der Waals surface area contributed by atoms with E-state index in [9.17, 15) is 14.0 Å². The third-order valence-corrected chi connectivity index (χ3v) is 4.64. The largest absolute Gasteiger partial charge is 0.325 e. The summed E-state index contributed by atoms with van der Waals surface area (Å²) < 4.78 is 13.9. The molecule has 0 saturated carbocycles. The molecule has 1 aliphatic heterocycles. The highest BCUT2D eigenvalue weighted by molar-refractivity contribution is 6.04. The van der Waals surface area contributed by atoms with Crippen LogP contribution in [0.2, 0.25) is 0 Å². The van der Waals surface area contributed by atoms with Crippen LogP contribution in [0.4, 0.5) is 20.6 Å². The van der Waals surface area contributed by atoms with E-state index in [2.05, 4.69) is 5.32 Å². The number of anilines is 2. The van der Waals surface area contributed by atoms with E-state index in [0.717, 1.165) is 10.8 Å². The Bertz CT molecular complexity index is 1020. The van der Waals surface area contributed by atoms with Gasteiger partial charge in [-0.25, -0.2) is 9.18 Å². The van der Waals surface area contributed by atoms with Gasteiger partial charge in [0.1, 0.15) is 12.4 Å². The third-order valence-electron chi connectivity index (χ3n) is 4.64. The van der Waals surface area contributed by atoms with Crippen LogP contribution in [-0.4, -0.2) is 36.5 Å². The van der Waals surface area contributed by atoms with E-state index < -0.39 is 5.82 Å². The Kier molecular flexibility index (Phi) is 4.46. The molecule has 0 atom stereocenters. The first kappa shape index (κ1) is 17.0. The number of carbonyl (C=O) groups is 2. The highest BCUT2D eigenvalue weighted by Crippen LogP contribution is 2.25. The maximum absolute atomic E-state index is 13.9. The summed E-state index contributed by atoms with van der Waals surface area (Å²) in [6, 6.07) is 19.2. The molecule has 1 aliphatic rings. The van der Waals surface area contributed by atoms with Gasteiger partial charge in [0.25, 0.3) is 0 Å². The fraction of sp³-hybridized carbons (Fsp3) is 0.143. The van der Waals surface area contributed by atoms with E-state index in [4.69, 9.17) is 0 Å². The van der Waals surface area contributed by atoms with Crippen molar-refractivity contribution >= 4 is 34.1 Å². The van der Waals surface area contributed by atoms with E-state index in [1.54, 1.807) is 18.2 Å². The highest BCUT2D eigenvalue weighted by Gasteiger charge is 2.32. The summed E-state index contributed by atoms with van der Waals surface area (Å²) in [5, 5.41) is 4.84. The molecule has 0 spiro atoms. The fourth-order valence-electron chi connectivity index (χ4n) is 3.32. The first-order valence-electron chi connectivity index (χ1n) is 8.72. The van der Waals surface area contributed by atoms with Crippen LogP contribution in [0.25, 0.3) is 10.8 Å². The summed E-state index contributed by atoms with van der Waals surface area (Å²) >= 11 is 0. The van der Waals surface area contributed by atoms with Gasteiger partial charge >= 0.3 is 6.03 Å². The van der Waals surface area contributed by atoms with Crippen LogP contribution in [-0.2, 0) is 4.79 Å². The molecule has 0 aromatic heterocycles. The molecule has 0 radical (unpaired) electrons. The second-order valence-corrected chi connectivity index (χ2v) is 6.38. The number of carbonyl (C=O) groups excluding carboxylic acids is 2. The molecule has 27 heavy (non-hydrogen) atoms. The van der Waals surface area contributed by atoms with Gasteiger partial charge < -0.3 is 10.2 Å². The van der Waals surface area contributed by atoms with Gasteiger partial charge in [-0.3, -0.25) is 9.69 Å². The zero-order chi connectivity index (χ0) is 18.8. The van der Waals surface area contributed by atoms with Crippen LogP contribution in [0.5, 0.6) is 0 Å². The molecular formula is C21H18FN3O2. The lowest BCUT2D eigenvalue weighted by Crippen LogP contribution is -2.37. The molecular weight excluding hydrogens is 345 g/mol. The third kappa shape index (κ3) is 3.33. The molecule has 3 amide bonds. The molecule has 5 nitrogen and oxygen atoms in total. The molecule has 1 saturated heterocycles. The van der Waals surface area contributed by atoms with Crippen molar-refractivity contribution in [3.8, 4) is 0 Å². The molecule has 4 rings (SSSR count). The van der Waals surface area contributed by atoms with E-state index in [-0.39, 0.29) is 24.2 Å². The molecule has 1 heterocycles. The number of amides is 3. The van der Waals surface area contributed by atoms with Crippen LogP contribution in [0.1, 0.15) is 0 Å². The van der Waals surface area contributed by atoms with Gasteiger partial charge in [0, 0.05) is 24.2 Å². The van der Waals surface area contributed by atoms with Crippen LogP contribution >= 0.6 is 0 Å². The van der Waals surface area contributed by atoms with Gasteiger partial charge in [0.2, 0.25) is 5.91 Å². The average molecular weight is 363 g/mol. The smallest absolute Gasteiger partial charge is 0.324 e. The van der Waals surface area contributed by atoms with Gasteiger partial charge in [0.15, 0.2) is 0 Å². The molecule has 1 N–H and O–H groups in total. The summed E-state index contributed by atoms with van der Waals surface area (Å²) in [6.45, 7) is 0.643. The van der Waals surface area contributed by atoms with Crippen LogP contribution < -0.4 is 10.2 Å². The van der Waals surface area contributed by atoms with Crippen LogP contribution in [0.3, 0.4) is 0 Å². The Morgan fingerprint density at radius 2 is 1.70 bits per heavy atom. The molecule has 6 heteroatoms. The minimum absolute atomic E-state index is 0.0764. The number of nitrogens with zero attached hydrogens (tertiary/aromatic N) is 2. The van der Waals surface area contributed by atoms with Gasteiger partial charge in [-0.1, -0.05) is 48.5 Å². The van der Waals surface area contributed by atoms with Gasteiger partial charge in [-0.15, -0.1) is 0 Å². The molecule has 3 aromatic rings. The standard InChI is InChI=1S/C21H18FN3O2/c22-17-9-3-4-11-19(17)25-13-12-24(21(25)27)14-20(26)23-18-10-5-7-15-6-1-2-8-16(15)18/h1-11H,12-14H2,(H,23,26). The van der Waals surface area contributed by atoms with Crippen LogP contribution in [0, 0.1) is 5.82 Å². The summed E-state index contributed by atoms with van der Waals surface area (Å²) in [5.41, 5.74) is 0.940. The molecule has 3 aromatic carbocycles. The lowest BCUT2D eigenvalue weighted by molar-refractivity contribution is -0.116. The average Bonchev–Trinajstić information content (AvgIpc) is 3.03. The number of nitrogens with one attached hydrogen (secondary N) is 1. The molecule has 1 fully saturated rings. The lowest BCUT2D eigenvalue weighted by atomic mass is 10.1. The Morgan fingerprint density at radius 1 is 0.963 bits per heavy atom. The zero-order valence-corrected chi connectivity index (χ0v) is 14.6. The first-order valence-corrected chi connectivity index (χ1v) is 8.72. The Hall–Kier alpha value is -3.41. The van der Waals surface area contributed by atoms with Crippen molar-refractivity contribution in [1.82, 2.24) is 4.90 Å². The number of hydrogen-bond acceptors (Lipinski definition) is 2. The predicted octanol–water partition coefficient (Wildman–Crippen LogP) is 3.86. The van der Waals surface area contributed by atoms with Crippen molar-refractivity contribution in [2.75, 3.05) is 29.9 Å². The maximum atomic E-state index is 13.9. The monoisotopic (exact) mass is 363 g/mol. The zero-order valence-electron chi connectivity index (χ0n) is 14.6. The van der Waals surface area contributed by atoms with Crippen molar-refractivity contribution in [3.05, 3.63) is 72.5 Å². The summed E-state index contributed by atoms with van der Waals surface area (Å²) in [6.07, 6.45) is 0. The van der Waals surface area contributed by atoms with Crippen molar-refractivity contribution in [3.63, 3.8) is 0 Å². The summed E-state index contributed by atoms with van der Waals surface area (Å²) in [7, 11) is 0. The quantitative estimate of drug-likeness (QED) is 0.765. The number of urea groups is 1. The second kappa shape index (κ2) is 7.07. The second-order valence-electron chi connectivity index (χ2n) is 6.38. The highest BCUT2D eigenvalue weighted by atomic mass is 19.1. The lowest BCUT2D eigenvalue weighted by Gasteiger charge is -2.19. The van der Waals surface area contributed by atoms with Gasteiger partial charge in [-0.2, -0.15) is 0 Å². The minimum atomic E-state index is -0.451. The normalized spacial score (nSPS) is 14.0. The maximum Gasteiger partial charge on any atom is 0.325 e. The number of para-hydroxylation sites is 1. The van der Waals surface area contributed by atoms with Crippen molar-refractivity contribution in [2.45, 2.75) is 0 Å². The Morgan fingerprint density at radius 3 is 2.56 bits per heavy atom. The Labute approximate surface area is 156 Å². The minimum Gasteiger partial charge on any atom is -0.324 e. The number of benzene rings is 3. The SMILES string of the molecule is O=C(CN1CCN(c2ccccc2F)C1=O)Nc1cccc2ccccc12. The summed E-state index contributed by atoms with van der Waals surface area (Å²) in [5.74, 6) is -0.733. The first-order chi connectivity index (χ1) is 13.1. The number of rotatable bonds is 4. The number of hydrogen-bond donors (Lipinski definition) is 1. The van der Waals surface area contributed by atoms with E-state index in [1.165, 1.54) is 15.9 Å². The van der Waals surface area contributed by atoms with E-state index in [1.807, 2.05) is 42.5 Å². The van der Waals surface area contributed by atoms with Gasteiger partial charge in [0.05, 0.1) is 5.69 Å². The predicted molar refractivity (Wildman–Crippen MR) is 103 cm³/mol. The van der Waals surface area contributed by atoms with Crippen molar-refractivity contribution in [1.29, 1.82) is 0 Å².